The van der Waals surface area contributed by atoms with E-state index in [1.807, 2.05) is 0 Å². The van der Waals surface area contributed by atoms with E-state index in [4.69, 9.17) is 26.6 Å². The van der Waals surface area contributed by atoms with Crippen LogP contribution in [0, 0.1) is 0 Å². The molecule has 0 saturated heterocycles. The van der Waals surface area contributed by atoms with Crippen LogP contribution in [-0.2, 0) is 21.5 Å². The standard InChI is InChI=1S/C21H56O7Si6.2CH4/c1-29(2)20-25-34(26-30(3,4)5,27-31(6,7)8)17-16-33(11,12)28-32(9,10)15-13-14-24-19-21(23)18-22;;/h21-23,29H,13-20H2,1-12H3;2*1H4. The van der Waals surface area contributed by atoms with Gasteiger partial charge in [-0.1, -0.05) is 27.9 Å². The van der Waals surface area contributed by atoms with Crippen LogP contribution >= 0.6 is 0 Å². The van der Waals surface area contributed by atoms with E-state index in [-0.39, 0.29) is 28.1 Å². The van der Waals surface area contributed by atoms with E-state index < -0.39 is 57.0 Å². The molecule has 0 aliphatic rings. The number of aliphatic hydroxyl groups is 2. The third-order valence-electron chi connectivity index (χ3n) is 4.73. The Morgan fingerprint density at radius 3 is 1.61 bits per heavy atom. The van der Waals surface area contributed by atoms with E-state index in [2.05, 4.69) is 78.6 Å². The highest BCUT2D eigenvalue weighted by Crippen LogP contribution is 2.32. The Kier molecular flexibility index (Phi) is 20.4. The monoisotopic (exact) mass is 620 g/mol. The maximum absolute atomic E-state index is 9.40. The minimum atomic E-state index is -2.80. The fraction of sp³-hybridized carbons (Fsp3) is 1.00. The Balaban J connectivity index is -0.00000544. The molecule has 0 aliphatic heterocycles. The van der Waals surface area contributed by atoms with Crippen LogP contribution in [0.3, 0.4) is 0 Å². The number of rotatable bonds is 19. The summed E-state index contributed by atoms with van der Waals surface area (Å²) in [6.45, 7) is 27.7. The Bertz CT molecular complexity index is 550. The molecule has 0 radical (unpaired) electrons. The third-order valence-corrected chi connectivity index (χ3v) is 22.7. The van der Waals surface area contributed by atoms with Gasteiger partial charge >= 0.3 is 8.80 Å². The van der Waals surface area contributed by atoms with Crippen molar-refractivity contribution in [2.75, 3.05) is 26.1 Å². The second-order valence-electron chi connectivity index (χ2n) is 13.0. The summed E-state index contributed by atoms with van der Waals surface area (Å²) in [4.78, 5) is 0. The predicted octanol–water partition coefficient (Wildman–Crippen LogP) is 6.13. The third kappa shape index (κ3) is 21.9. The zero-order valence-corrected chi connectivity index (χ0v) is 30.4. The molecule has 0 aromatic rings. The maximum Gasteiger partial charge on any atom is 0.479 e. The summed E-state index contributed by atoms with van der Waals surface area (Å²) in [6.07, 6.45) is 0.907. The van der Waals surface area contributed by atoms with Crippen LogP contribution in [0.25, 0.3) is 0 Å². The summed E-state index contributed by atoms with van der Waals surface area (Å²) in [6, 6.07) is 2.82. The Labute approximate surface area is 232 Å². The summed E-state index contributed by atoms with van der Waals surface area (Å²) in [5, 5.41) is 18.3. The topological polar surface area (TPSA) is 86.6 Å². The van der Waals surface area contributed by atoms with Crippen molar-refractivity contribution in [1.82, 2.24) is 0 Å². The molecule has 0 aliphatic carbocycles. The molecule has 0 fully saturated rings. The van der Waals surface area contributed by atoms with Crippen molar-refractivity contribution in [2.45, 2.75) is 124 Å². The summed E-state index contributed by atoms with van der Waals surface area (Å²) in [7, 11) is -11.3. The molecule has 13 heteroatoms. The van der Waals surface area contributed by atoms with Gasteiger partial charge in [0.25, 0.3) is 0 Å². The largest absolute Gasteiger partial charge is 0.479 e. The van der Waals surface area contributed by atoms with Gasteiger partial charge in [0.05, 0.1) is 22.0 Å². The Hall–Kier alpha value is 1.02. The highest BCUT2D eigenvalue weighted by molar-refractivity contribution is 6.88. The fourth-order valence-corrected chi connectivity index (χ4v) is 26.9. The van der Waals surface area contributed by atoms with E-state index in [0.717, 1.165) is 30.8 Å². The molecule has 1 atom stereocenters. The quantitative estimate of drug-likeness (QED) is 0.133. The smallest absolute Gasteiger partial charge is 0.456 e. The van der Waals surface area contributed by atoms with Crippen LogP contribution in [0.15, 0.2) is 0 Å². The van der Waals surface area contributed by atoms with Gasteiger partial charge in [-0.05, 0) is 84.0 Å². The molecule has 7 nitrogen and oxygen atoms in total. The van der Waals surface area contributed by atoms with Crippen molar-refractivity contribution in [3.63, 3.8) is 0 Å². The van der Waals surface area contributed by atoms with Crippen molar-refractivity contribution in [2.24, 2.45) is 0 Å². The molecule has 0 aromatic carbocycles. The summed E-state index contributed by atoms with van der Waals surface area (Å²) in [5.74, 6) is 0. The summed E-state index contributed by atoms with van der Waals surface area (Å²) >= 11 is 0. The first-order valence-electron chi connectivity index (χ1n) is 12.8. The predicted molar refractivity (Wildman–Crippen MR) is 172 cm³/mol. The van der Waals surface area contributed by atoms with E-state index in [1.54, 1.807) is 0 Å². The van der Waals surface area contributed by atoms with Crippen molar-refractivity contribution >= 4 is 50.9 Å². The zero-order chi connectivity index (χ0) is 26.8. The second kappa shape index (κ2) is 17.7. The van der Waals surface area contributed by atoms with Gasteiger partial charge in [-0.15, -0.1) is 0 Å². The van der Waals surface area contributed by atoms with Gasteiger partial charge in [-0.2, -0.15) is 0 Å². The van der Waals surface area contributed by atoms with Crippen LogP contribution in [0.1, 0.15) is 21.3 Å². The van der Waals surface area contributed by atoms with Gasteiger partial charge in [-0.25, -0.2) is 0 Å². The molecular formula is C23H64O7Si6. The van der Waals surface area contributed by atoms with Crippen molar-refractivity contribution < 1.29 is 31.7 Å². The number of hydrogen-bond acceptors (Lipinski definition) is 7. The van der Waals surface area contributed by atoms with E-state index in [1.165, 1.54) is 0 Å². The second-order valence-corrected chi connectivity index (χ2v) is 37.2. The molecule has 0 saturated carbocycles. The lowest BCUT2D eigenvalue weighted by Crippen LogP contribution is -2.58. The lowest BCUT2D eigenvalue weighted by Gasteiger charge is -2.42. The van der Waals surface area contributed by atoms with Gasteiger partial charge in [-0.3, -0.25) is 0 Å². The molecule has 0 bridgehead atoms. The molecule has 0 heterocycles. The van der Waals surface area contributed by atoms with Crippen molar-refractivity contribution in [3.05, 3.63) is 0 Å². The van der Waals surface area contributed by atoms with Gasteiger partial charge in [0.2, 0.25) is 0 Å². The first kappa shape index (κ1) is 41.5. The summed E-state index contributed by atoms with van der Waals surface area (Å²) < 4.78 is 32.6. The minimum Gasteiger partial charge on any atom is -0.456 e. The first-order valence-corrected chi connectivity index (χ1v) is 30.9. The van der Waals surface area contributed by atoms with Gasteiger partial charge in [0, 0.05) is 18.9 Å². The van der Waals surface area contributed by atoms with Crippen LogP contribution < -0.4 is 0 Å². The molecular weight excluding hydrogens is 557 g/mol. The maximum atomic E-state index is 9.40. The van der Waals surface area contributed by atoms with Crippen LogP contribution in [0.5, 0.6) is 0 Å². The van der Waals surface area contributed by atoms with Crippen LogP contribution in [0.2, 0.25) is 96.7 Å². The number of aliphatic hydroxyl groups excluding tert-OH is 2. The first-order chi connectivity index (χ1) is 15.2. The molecule has 0 spiro atoms. The average Bonchev–Trinajstić information content (AvgIpc) is 2.61. The normalized spacial score (nSPS) is 14.4. The highest BCUT2D eigenvalue weighted by atomic mass is 28.5. The zero-order valence-electron chi connectivity index (χ0n) is 24.2. The molecule has 1 unspecified atom stereocenters. The van der Waals surface area contributed by atoms with E-state index >= 15 is 0 Å². The van der Waals surface area contributed by atoms with Crippen LogP contribution in [0.4, 0.5) is 0 Å². The number of hydrogen-bond donors (Lipinski definition) is 2. The Morgan fingerprint density at radius 1 is 0.722 bits per heavy atom. The molecule has 222 valence electrons. The minimum absolute atomic E-state index is 0. The van der Waals surface area contributed by atoms with E-state index in [0.29, 0.717) is 6.61 Å². The van der Waals surface area contributed by atoms with Crippen LogP contribution in [-0.4, -0.2) is 93.2 Å². The molecule has 0 rings (SSSR count). The van der Waals surface area contributed by atoms with Gasteiger partial charge < -0.3 is 31.7 Å². The molecule has 2 N–H and O–H groups in total. The fourth-order valence-electron chi connectivity index (χ4n) is 3.66. The molecule has 0 aromatic heterocycles. The lowest BCUT2D eigenvalue weighted by molar-refractivity contribution is 0.00639. The summed E-state index contributed by atoms with van der Waals surface area (Å²) in [5.41, 5.74) is 0. The highest BCUT2D eigenvalue weighted by Gasteiger charge is 2.49. The van der Waals surface area contributed by atoms with Crippen molar-refractivity contribution in [1.29, 1.82) is 0 Å². The molecule has 36 heavy (non-hydrogen) atoms. The number of ether oxygens (including phenoxy) is 1. The van der Waals surface area contributed by atoms with Gasteiger partial charge in [0.1, 0.15) is 6.10 Å². The Morgan fingerprint density at radius 2 is 1.19 bits per heavy atom. The lowest BCUT2D eigenvalue weighted by atomic mass is 10.4. The molecule has 0 amide bonds. The van der Waals surface area contributed by atoms with E-state index in [9.17, 15) is 5.11 Å². The average molecular weight is 621 g/mol. The SMILES string of the molecule is C.C.C[SiH](C)CO[Si](CC[Si](C)(C)O[Si](C)(C)CCCOCC(O)CO)(O[Si](C)(C)C)O[Si](C)(C)C. The van der Waals surface area contributed by atoms with Gasteiger partial charge in [0.15, 0.2) is 33.3 Å². The van der Waals surface area contributed by atoms with Crippen molar-refractivity contribution in [3.8, 4) is 0 Å².